The standard InChI is InChI=1S/C14H21N3O2/c18-8-10-3-1-2-4-11(10)15-12-7-13(19)17-14(16-12)9-5-6-9/h7,9-11,18H,1-6,8H2,(H2,15,16,17,19). The van der Waals surface area contributed by atoms with Crippen molar-refractivity contribution in [3.05, 3.63) is 22.2 Å². The lowest BCUT2D eigenvalue weighted by molar-refractivity contribution is 0.178. The normalized spacial score (nSPS) is 27.2. The van der Waals surface area contributed by atoms with E-state index in [0.29, 0.717) is 11.7 Å². The van der Waals surface area contributed by atoms with Crippen molar-refractivity contribution in [1.82, 2.24) is 9.97 Å². The number of anilines is 1. The van der Waals surface area contributed by atoms with Crippen molar-refractivity contribution in [3.63, 3.8) is 0 Å². The first-order valence-electron chi connectivity index (χ1n) is 7.25. The lowest BCUT2D eigenvalue weighted by atomic mass is 9.85. The second-order valence-corrected chi connectivity index (χ2v) is 5.77. The summed E-state index contributed by atoms with van der Waals surface area (Å²) in [5.74, 6) is 2.19. The van der Waals surface area contributed by atoms with Crippen molar-refractivity contribution < 1.29 is 5.11 Å². The summed E-state index contributed by atoms with van der Waals surface area (Å²) in [4.78, 5) is 19.0. The molecule has 0 aromatic carbocycles. The number of rotatable bonds is 4. The van der Waals surface area contributed by atoms with Gasteiger partial charge in [0.25, 0.3) is 5.56 Å². The van der Waals surface area contributed by atoms with Crippen molar-refractivity contribution >= 4 is 5.82 Å². The fraction of sp³-hybridized carbons (Fsp3) is 0.714. The van der Waals surface area contributed by atoms with E-state index in [2.05, 4.69) is 15.3 Å². The molecule has 1 aromatic heterocycles. The maximum atomic E-state index is 11.7. The van der Waals surface area contributed by atoms with E-state index in [-0.39, 0.29) is 24.1 Å². The average molecular weight is 263 g/mol. The lowest BCUT2D eigenvalue weighted by Gasteiger charge is -2.31. The van der Waals surface area contributed by atoms with E-state index >= 15 is 0 Å². The van der Waals surface area contributed by atoms with E-state index < -0.39 is 0 Å². The maximum Gasteiger partial charge on any atom is 0.252 e. The molecule has 0 aliphatic heterocycles. The van der Waals surface area contributed by atoms with Gasteiger partial charge in [0.1, 0.15) is 11.6 Å². The topological polar surface area (TPSA) is 78.0 Å². The molecular formula is C14H21N3O2. The summed E-state index contributed by atoms with van der Waals surface area (Å²) < 4.78 is 0. The minimum absolute atomic E-state index is 0.0873. The van der Waals surface area contributed by atoms with Crippen LogP contribution >= 0.6 is 0 Å². The highest BCUT2D eigenvalue weighted by molar-refractivity contribution is 5.35. The van der Waals surface area contributed by atoms with Crippen LogP contribution in [0.2, 0.25) is 0 Å². The van der Waals surface area contributed by atoms with Gasteiger partial charge in [-0.3, -0.25) is 4.79 Å². The Kier molecular flexibility index (Phi) is 3.55. The van der Waals surface area contributed by atoms with Crippen LogP contribution in [0.15, 0.2) is 10.9 Å². The SMILES string of the molecule is O=c1cc(NC2CCCCC2CO)nc(C2CC2)[nH]1. The number of hydrogen-bond donors (Lipinski definition) is 3. The summed E-state index contributed by atoms with van der Waals surface area (Å²) in [6.07, 6.45) is 6.68. The van der Waals surface area contributed by atoms with Crippen molar-refractivity contribution in [1.29, 1.82) is 0 Å². The number of aromatic amines is 1. The number of nitrogens with zero attached hydrogens (tertiary/aromatic N) is 1. The maximum absolute atomic E-state index is 11.7. The minimum Gasteiger partial charge on any atom is -0.396 e. The molecule has 1 heterocycles. The number of H-pyrrole nitrogens is 1. The molecule has 19 heavy (non-hydrogen) atoms. The largest absolute Gasteiger partial charge is 0.396 e. The Bertz CT molecular complexity index is 496. The summed E-state index contributed by atoms with van der Waals surface area (Å²) in [6, 6.07) is 1.76. The fourth-order valence-corrected chi connectivity index (χ4v) is 2.91. The van der Waals surface area contributed by atoms with Crippen LogP contribution < -0.4 is 10.9 Å². The van der Waals surface area contributed by atoms with E-state index in [1.165, 1.54) is 18.9 Å². The first kappa shape index (κ1) is 12.7. The molecule has 2 unspecified atom stereocenters. The molecule has 2 atom stereocenters. The van der Waals surface area contributed by atoms with Crippen LogP contribution in [0, 0.1) is 5.92 Å². The van der Waals surface area contributed by atoms with Crippen LogP contribution in [-0.4, -0.2) is 27.7 Å². The third kappa shape index (κ3) is 2.97. The minimum atomic E-state index is -0.0873. The monoisotopic (exact) mass is 263 g/mol. The van der Waals surface area contributed by atoms with Crippen LogP contribution in [-0.2, 0) is 0 Å². The summed E-state index contributed by atoms with van der Waals surface area (Å²) in [7, 11) is 0. The highest BCUT2D eigenvalue weighted by atomic mass is 16.3. The molecule has 0 spiro atoms. The van der Waals surface area contributed by atoms with Gasteiger partial charge >= 0.3 is 0 Å². The predicted molar refractivity (Wildman–Crippen MR) is 73.3 cm³/mol. The zero-order valence-electron chi connectivity index (χ0n) is 11.1. The van der Waals surface area contributed by atoms with E-state index in [4.69, 9.17) is 0 Å². The number of aromatic nitrogens is 2. The van der Waals surface area contributed by atoms with Crippen LogP contribution in [0.3, 0.4) is 0 Å². The number of aliphatic hydroxyl groups is 1. The number of nitrogens with one attached hydrogen (secondary N) is 2. The van der Waals surface area contributed by atoms with Crippen molar-refractivity contribution in [2.45, 2.75) is 50.5 Å². The van der Waals surface area contributed by atoms with Gasteiger partial charge in [0, 0.05) is 30.6 Å². The molecule has 2 aliphatic rings. The second-order valence-electron chi connectivity index (χ2n) is 5.77. The summed E-state index contributed by atoms with van der Waals surface area (Å²) >= 11 is 0. The van der Waals surface area contributed by atoms with Crippen LogP contribution in [0.1, 0.15) is 50.3 Å². The summed E-state index contributed by atoms with van der Waals surface area (Å²) in [5.41, 5.74) is -0.0873. The van der Waals surface area contributed by atoms with Gasteiger partial charge in [0.15, 0.2) is 0 Å². The molecule has 5 heteroatoms. The van der Waals surface area contributed by atoms with Crippen LogP contribution in [0.25, 0.3) is 0 Å². The average Bonchev–Trinajstić information content (AvgIpc) is 3.23. The quantitative estimate of drug-likeness (QED) is 0.771. The molecular weight excluding hydrogens is 242 g/mol. The Balaban J connectivity index is 1.76. The Morgan fingerprint density at radius 3 is 2.84 bits per heavy atom. The smallest absolute Gasteiger partial charge is 0.252 e. The Hall–Kier alpha value is -1.36. The molecule has 0 amide bonds. The van der Waals surface area contributed by atoms with Crippen molar-refractivity contribution in [3.8, 4) is 0 Å². The molecule has 1 aromatic rings. The fourth-order valence-electron chi connectivity index (χ4n) is 2.91. The Morgan fingerprint density at radius 2 is 2.11 bits per heavy atom. The zero-order valence-corrected chi connectivity index (χ0v) is 11.1. The number of hydrogen-bond acceptors (Lipinski definition) is 4. The van der Waals surface area contributed by atoms with E-state index in [1.807, 2.05) is 0 Å². The molecule has 0 radical (unpaired) electrons. The van der Waals surface area contributed by atoms with Crippen molar-refractivity contribution in [2.75, 3.05) is 11.9 Å². The van der Waals surface area contributed by atoms with Crippen LogP contribution in [0.5, 0.6) is 0 Å². The van der Waals surface area contributed by atoms with Crippen molar-refractivity contribution in [2.24, 2.45) is 5.92 Å². The molecule has 104 valence electrons. The van der Waals surface area contributed by atoms with Gasteiger partial charge in [-0.25, -0.2) is 4.98 Å². The number of aliphatic hydroxyl groups excluding tert-OH is 1. The molecule has 0 saturated heterocycles. The van der Waals surface area contributed by atoms with Crippen LogP contribution in [0.4, 0.5) is 5.82 Å². The first-order valence-corrected chi connectivity index (χ1v) is 7.25. The van der Waals surface area contributed by atoms with Gasteiger partial charge < -0.3 is 15.4 Å². The van der Waals surface area contributed by atoms with Gasteiger partial charge in [-0.15, -0.1) is 0 Å². The zero-order chi connectivity index (χ0) is 13.2. The Labute approximate surface area is 112 Å². The third-order valence-electron chi connectivity index (χ3n) is 4.20. The molecule has 3 N–H and O–H groups in total. The van der Waals surface area contributed by atoms with Gasteiger partial charge in [-0.1, -0.05) is 12.8 Å². The first-order chi connectivity index (χ1) is 9.26. The van der Waals surface area contributed by atoms with Gasteiger partial charge in [-0.05, 0) is 25.7 Å². The highest BCUT2D eigenvalue weighted by Crippen LogP contribution is 2.37. The second kappa shape index (κ2) is 5.33. The molecule has 3 rings (SSSR count). The highest BCUT2D eigenvalue weighted by Gasteiger charge is 2.28. The van der Waals surface area contributed by atoms with E-state index in [9.17, 15) is 9.90 Å². The molecule has 2 aliphatic carbocycles. The van der Waals surface area contributed by atoms with Gasteiger partial charge in [-0.2, -0.15) is 0 Å². The molecule has 5 nitrogen and oxygen atoms in total. The van der Waals surface area contributed by atoms with Gasteiger partial charge in [0.05, 0.1) is 0 Å². The summed E-state index contributed by atoms with van der Waals surface area (Å²) in [5, 5.41) is 12.8. The van der Waals surface area contributed by atoms with E-state index in [0.717, 1.165) is 31.5 Å². The van der Waals surface area contributed by atoms with E-state index in [1.54, 1.807) is 0 Å². The third-order valence-corrected chi connectivity index (χ3v) is 4.20. The Morgan fingerprint density at radius 1 is 1.32 bits per heavy atom. The molecule has 0 bridgehead atoms. The molecule has 2 saturated carbocycles. The predicted octanol–water partition coefficient (Wildman–Crippen LogP) is 1.61. The molecule has 2 fully saturated rings. The van der Waals surface area contributed by atoms with Gasteiger partial charge in [0.2, 0.25) is 0 Å². The summed E-state index contributed by atoms with van der Waals surface area (Å²) in [6.45, 7) is 0.205. The lowest BCUT2D eigenvalue weighted by Crippen LogP contribution is -2.35.